The van der Waals surface area contributed by atoms with Crippen molar-refractivity contribution in [3.05, 3.63) is 102 Å². The second-order valence-electron chi connectivity index (χ2n) is 7.68. The lowest BCUT2D eigenvalue weighted by Crippen LogP contribution is -2.12. The van der Waals surface area contributed by atoms with Crippen LogP contribution in [0.2, 0.25) is 0 Å². The van der Waals surface area contributed by atoms with Crippen molar-refractivity contribution in [3.63, 3.8) is 0 Å². The van der Waals surface area contributed by atoms with E-state index in [1.54, 1.807) is 23.7 Å². The summed E-state index contributed by atoms with van der Waals surface area (Å²) in [7, 11) is 0. The standard InChI is InChI=1S/C25H18N6OS/c32-24(28-21-8-6-18(7-9-21)22-16-30-10-11-33-25(30)29-22)20-12-19-14-27-31(23(19)26-13-20)15-17-4-2-1-3-5-17/h1-14,16H,15H2,(H,28,32). The highest BCUT2D eigenvalue weighted by Crippen LogP contribution is 2.23. The van der Waals surface area contributed by atoms with E-state index in [1.807, 2.05) is 75.4 Å². The first-order valence-corrected chi connectivity index (χ1v) is 11.3. The van der Waals surface area contributed by atoms with Crippen LogP contribution in [0, 0.1) is 0 Å². The van der Waals surface area contributed by atoms with Crippen LogP contribution in [0.4, 0.5) is 5.69 Å². The number of carbonyl (C=O) groups excluding carboxylic acids is 1. The number of imidazole rings is 1. The van der Waals surface area contributed by atoms with E-state index in [-0.39, 0.29) is 5.91 Å². The molecule has 160 valence electrons. The number of aromatic nitrogens is 5. The van der Waals surface area contributed by atoms with Gasteiger partial charge in [0.25, 0.3) is 5.91 Å². The largest absolute Gasteiger partial charge is 0.322 e. The molecule has 6 aromatic rings. The number of nitrogens with zero attached hydrogens (tertiary/aromatic N) is 5. The fourth-order valence-electron chi connectivity index (χ4n) is 3.76. The average molecular weight is 451 g/mol. The van der Waals surface area contributed by atoms with Crippen molar-refractivity contribution < 1.29 is 4.79 Å². The molecule has 0 fully saturated rings. The third kappa shape index (κ3) is 3.77. The summed E-state index contributed by atoms with van der Waals surface area (Å²) in [5.41, 5.74) is 4.99. The Hall–Kier alpha value is -4.30. The van der Waals surface area contributed by atoms with E-state index in [4.69, 9.17) is 0 Å². The molecule has 0 bridgehead atoms. The number of carbonyl (C=O) groups is 1. The summed E-state index contributed by atoms with van der Waals surface area (Å²) < 4.78 is 3.84. The van der Waals surface area contributed by atoms with E-state index in [0.29, 0.717) is 17.8 Å². The zero-order valence-electron chi connectivity index (χ0n) is 17.4. The molecule has 0 spiro atoms. The highest BCUT2D eigenvalue weighted by Gasteiger charge is 2.12. The molecule has 0 saturated carbocycles. The fourth-order valence-corrected chi connectivity index (χ4v) is 4.46. The average Bonchev–Trinajstić information content (AvgIpc) is 3.55. The lowest BCUT2D eigenvalue weighted by molar-refractivity contribution is 0.102. The molecule has 33 heavy (non-hydrogen) atoms. The number of pyridine rings is 1. The molecular formula is C25H18N6OS. The van der Waals surface area contributed by atoms with Crippen molar-refractivity contribution >= 4 is 38.9 Å². The number of benzene rings is 2. The van der Waals surface area contributed by atoms with Crippen LogP contribution in [0.15, 0.2) is 90.8 Å². The van der Waals surface area contributed by atoms with Gasteiger partial charge in [-0.15, -0.1) is 11.3 Å². The molecular weight excluding hydrogens is 432 g/mol. The monoisotopic (exact) mass is 450 g/mol. The maximum atomic E-state index is 12.8. The van der Waals surface area contributed by atoms with Gasteiger partial charge in [0, 0.05) is 40.6 Å². The molecule has 6 rings (SSSR count). The van der Waals surface area contributed by atoms with E-state index in [1.165, 1.54) is 0 Å². The van der Waals surface area contributed by atoms with Crippen LogP contribution < -0.4 is 5.32 Å². The number of amides is 1. The molecule has 0 atom stereocenters. The second kappa shape index (κ2) is 7.99. The van der Waals surface area contributed by atoms with Crippen molar-refractivity contribution in [2.75, 3.05) is 5.32 Å². The number of hydrogen-bond donors (Lipinski definition) is 1. The van der Waals surface area contributed by atoms with Crippen molar-refractivity contribution in [1.82, 2.24) is 24.1 Å². The van der Waals surface area contributed by atoms with Gasteiger partial charge in [0.1, 0.15) is 0 Å². The smallest absolute Gasteiger partial charge is 0.257 e. The number of thiazole rings is 1. The minimum atomic E-state index is -0.213. The molecule has 0 saturated heterocycles. The van der Waals surface area contributed by atoms with Gasteiger partial charge in [-0.1, -0.05) is 42.5 Å². The van der Waals surface area contributed by atoms with E-state index in [0.717, 1.165) is 32.8 Å². The van der Waals surface area contributed by atoms with Crippen LogP contribution in [0.3, 0.4) is 0 Å². The van der Waals surface area contributed by atoms with Gasteiger partial charge in [-0.3, -0.25) is 9.20 Å². The minimum absolute atomic E-state index is 0.213. The quantitative estimate of drug-likeness (QED) is 0.396. The Morgan fingerprint density at radius 3 is 2.70 bits per heavy atom. The third-order valence-corrected chi connectivity index (χ3v) is 6.22. The summed E-state index contributed by atoms with van der Waals surface area (Å²) in [5, 5.41) is 10.2. The van der Waals surface area contributed by atoms with Crippen LogP contribution in [0.25, 0.3) is 27.3 Å². The Morgan fingerprint density at radius 1 is 1.03 bits per heavy atom. The lowest BCUT2D eigenvalue weighted by atomic mass is 10.1. The molecule has 8 heteroatoms. The topological polar surface area (TPSA) is 77.1 Å². The van der Waals surface area contributed by atoms with Crippen LogP contribution in [-0.4, -0.2) is 30.1 Å². The van der Waals surface area contributed by atoms with Gasteiger partial charge in [0.15, 0.2) is 10.6 Å². The molecule has 4 heterocycles. The van der Waals surface area contributed by atoms with Gasteiger partial charge in [-0.2, -0.15) is 5.10 Å². The number of hydrogen-bond acceptors (Lipinski definition) is 5. The van der Waals surface area contributed by atoms with E-state index < -0.39 is 0 Å². The normalized spacial score (nSPS) is 11.3. The molecule has 7 nitrogen and oxygen atoms in total. The van der Waals surface area contributed by atoms with Gasteiger partial charge in [-0.05, 0) is 23.8 Å². The molecule has 0 unspecified atom stereocenters. The van der Waals surface area contributed by atoms with E-state index in [9.17, 15) is 4.79 Å². The second-order valence-corrected chi connectivity index (χ2v) is 8.55. The zero-order valence-corrected chi connectivity index (χ0v) is 18.2. The SMILES string of the molecule is O=C(Nc1ccc(-c2cn3ccsc3n2)cc1)c1cnc2c(cnn2Cc2ccccc2)c1. The number of anilines is 1. The Kier molecular flexibility index (Phi) is 4.70. The molecule has 0 aliphatic carbocycles. The van der Waals surface area contributed by atoms with Crippen molar-refractivity contribution in [2.45, 2.75) is 6.54 Å². The Balaban J connectivity index is 1.18. The van der Waals surface area contributed by atoms with Crippen LogP contribution in [0.5, 0.6) is 0 Å². The van der Waals surface area contributed by atoms with Gasteiger partial charge in [-0.25, -0.2) is 14.6 Å². The van der Waals surface area contributed by atoms with Crippen LogP contribution in [-0.2, 0) is 6.54 Å². The molecule has 0 aliphatic heterocycles. The van der Waals surface area contributed by atoms with E-state index >= 15 is 0 Å². The zero-order chi connectivity index (χ0) is 22.2. The van der Waals surface area contributed by atoms with Crippen molar-refractivity contribution in [1.29, 1.82) is 0 Å². The van der Waals surface area contributed by atoms with Crippen LogP contribution >= 0.6 is 11.3 Å². The Bertz CT molecular complexity index is 1550. The molecule has 1 amide bonds. The first-order valence-electron chi connectivity index (χ1n) is 10.4. The molecule has 0 aliphatic rings. The summed E-state index contributed by atoms with van der Waals surface area (Å²) >= 11 is 1.60. The predicted octanol–water partition coefficient (Wildman–Crippen LogP) is 5.11. The van der Waals surface area contributed by atoms with Gasteiger partial charge < -0.3 is 5.32 Å². The van der Waals surface area contributed by atoms with Crippen LogP contribution in [0.1, 0.15) is 15.9 Å². The molecule has 0 radical (unpaired) electrons. The van der Waals surface area contributed by atoms with Gasteiger partial charge in [0.05, 0.1) is 24.0 Å². The molecule has 4 aromatic heterocycles. The maximum Gasteiger partial charge on any atom is 0.257 e. The number of nitrogens with one attached hydrogen (secondary N) is 1. The predicted molar refractivity (Wildman–Crippen MR) is 130 cm³/mol. The van der Waals surface area contributed by atoms with Gasteiger partial charge >= 0.3 is 0 Å². The van der Waals surface area contributed by atoms with Gasteiger partial charge in [0.2, 0.25) is 0 Å². The minimum Gasteiger partial charge on any atom is -0.322 e. The first-order chi connectivity index (χ1) is 16.2. The number of rotatable bonds is 5. The highest BCUT2D eigenvalue weighted by atomic mass is 32.1. The lowest BCUT2D eigenvalue weighted by Gasteiger charge is -2.07. The summed E-state index contributed by atoms with van der Waals surface area (Å²) in [4.78, 5) is 22.9. The maximum absolute atomic E-state index is 12.8. The van der Waals surface area contributed by atoms with E-state index in [2.05, 4.69) is 32.5 Å². The fraction of sp³-hybridized carbons (Fsp3) is 0.0400. The van der Waals surface area contributed by atoms with Crippen molar-refractivity contribution in [2.24, 2.45) is 0 Å². The third-order valence-electron chi connectivity index (χ3n) is 5.44. The molecule has 1 N–H and O–H groups in total. The number of fused-ring (bicyclic) bond motifs is 2. The van der Waals surface area contributed by atoms with Crippen molar-refractivity contribution in [3.8, 4) is 11.3 Å². The Labute approximate surface area is 193 Å². The highest BCUT2D eigenvalue weighted by molar-refractivity contribution is 7.15. The Morgan fingerprint density at radius 2 is 1.88 bits per heavy atom. The summed E-state index contributed by atoms with van der Waals surface area (Å²) in [6.45, 7) is 0.629. The summed E-state index contributed by atoms with van der Waals surface area (Å²) in [6, 6.07) is 19.6. The first kappa shape index (κ1) is 19.4. The molecule has 2 aromatic carbocycles. The summed E-state index contributed by atoms with van der Waals surface area (Å²) in [6.07, 6.45) is 7.32. The summed E-state index contributed by atoms with van der Waals surface area (Å²) in [5.74, 6) is -0.213.